The summed E-state index contributed by atoms with van der Waals surface area (Å²) in [5.41, 5.74) is -1.05. The van der Waals surface area contributed by atoms with Crippen molar-refractivity contribution < 1.29 is 13.9 Å². The Bertz CT molecular complexity index is 319. The van der Waals surface area contributed by atoms with Crippen LogP contribution in [0.3, 0.4) is 0 Å². The predicted octanol–water partition coefficient (Wildman–Crippen LogP) is 1.60. The average molecular weight is 244 g/mol. The molecule has 0 aromatic heterocycles. The molecule has 0 aromatic rings. The Morgan fingerprint density at radius 3 is 2.59 bits per heavy atom. The summed E-state index contributed by atoms with van der Waals surface area (Å²) in [7, 11) is 0. The van der Waals surface area contributed by atoms with Gasteiger partial charge in [-0.15, -0.1) is 0 Å². The molecule has 1 saturated carbocycles. The molecule has 0 radical (unpaired) electrons. The van der Waals surface area contributed by atoms with Crippen LogP contribution in [0, 0.1) is 5.41 Å². The molecule has 0 unspecified atom stereocenters. The van der Waals surface area contributed by atoms with Crippen LogP contribution in [0.2, 0.25) is 0 Å². The molecule has 4 nitrogen and oxygen atoms in total. The van der Waals surface area contributed by atoms with Crippen molar-refractivity contribution in [2.75, 3.05) is 19.8 Å². The lowest BCUT2D eigenvalue weighted by atomic mass is 9.55. The number of carbonyl (C=O) groups excluding carboxylic acids is 1. The number of alkyl carbamates (subject to hydrolysis) is 1. The molecule has 3 rings (SSSR count). The van der Waals surface area contributed by atoms with Crippen LogP contribution in [-0.4, -0.2) is 37.0 Å². The summed E-state index contributed by atoms with van der Waals surface area (Å²) in [5.74, 6) is 0. The van der Waals surface area contributed by atoms with Crippen LogP contribution in [0.15, 0.2) is 0 Å². The molecule has 0 atom stereocenters. The van der Waals surface area contributed by atoms with E-state index in [-0.39, 0.29) is 17.6 Å². The van der Waals surface area contributed by atoms with Gasteiger partial charge < -0.3 is 15.4 Å². The summed E-state index contributed by atoms with van der Waals surface area (Å²) in [5, 5.41) is 6.06. The van der Waals surface area contributed by atoms with E-state index in [1.165, 1.54) is 0 Å². The zero-order valence-corrected chi connectivity index (χ0v) is 10.7. The number of piperidine rings is 2. The molecule has 3 fully saturated rings. The van der Waals surface area contributed by atoms with Crippen LogP contribution in [-0.2, 0) is 4.74 Å². The van der Waals surface area contributed by atoms with Gasteiger partial charge in [-0.3, -0.25) is 4.39 Å². The molecule has 1 amide bonds. The van der Waals surface area contributed by atoms with E-state index in [2.05, 4.69) is 10.6 Å². The van der Waals surface area contributed by atoms with Gasteiger partial charge in [0.15, 0.2) is 0 Å². The Balaban J connectivity index is 1.90. The van der Waals surface area contributed by atoms with E-state index in [9.17, 15) is 9.18 Å². The minimum atomic E-state index is -0.496. The molecule has 5 heteroatoms. The van der Waals surface area contributed by atoms with Crippen molar-refractivity contribution in [3.63, 3.8) is 0 Å². The first-order valence-electron chi connectivity index (χ1n) is 6.06. The zero-order valence-electron chi connectivity index (χ0n) is 10.7. The molecule has 0 aromatic carbocycles. The minimum absolute atomic E-state index is 0.257. The maximum atomic E-state index is 12.9. The van der Waals surface area contributed by atoms with Gasteiger partial charge in [0.25, 0.3) is 0 Å². The fourth-order valence-corrected chi connectivity index (χ4v) is 3.00. The Kier molecular flexibility index (Phi) is 2.84. The van der Waals surface area contributed by atoms with Crippen LogP contribution >= 0.6 is 0 Å². The molecule has 17 heavy (non-hydrogen) atoms. The molecule has 2 bridgehead atoms. The van der Waals surface area contributed by atoms with Crippen LogP contribution in [0.5, 0.6) is 0 Å². The summed E-state index contributed by atoms with van der Waals surface area (Å²) in [6.45, 7) is 6.58. The average Bonchev–Trinajstić information content (AvgIpc) is 2.13. The summed E-state index contributed by atoms with van der Waals surface area (Å²) in [4.78, 5) is 11.7. The maximum absolute atomic E-state index is 12.9. The number of halogens is 1. The first-order chi connectivity index (χ1) is 7.78. The second kappa shape index (κ2) is 3.83. The summed E-state index contributed by atoms with van der Waals surface area (Å²) >= 11 is 0. The molecule has 2 heterocycles. The van der Waals surface area contributed by atoms with Crippen molar-refractivity contribution in [2.24, 2.45) is 5.41 Å². The minimum Gasteiger partial charge on any atom is -0.444 e. The SMILES string of the molecule is CC(C)(C)OC(=O)NC12CNCC(CF)(C1)C2. The van der Waals surface area contributed by atoms with E-state index in [4.69, 9.17) is 4.74 Å². The number of amides is 1. The van der Waals surface area contributed by atoms with Gasteiger partial charge in [-0.25, -0.2) is 4.79 Å². The number of alkyl halides is 1. The molecule has 2 N–H and O–H groups in total. The molecule has 2 saturated heterocycles. The second-order valence-corrected chi connectivity index (χ2v) is 6.50. The third-order valence-electron chi connectivity index (χ3n) is 3.44. The number of ether oxygens (including phenoxy) is 1. The van der Waals surface area contributed by atoms with Crippen molar-refractivity contribution >= 4 is 6.09 Å². The number of rotatable bonds is 2. The number of fused-ring (bicyclic) bond motifs is 2. The number of carbonyl (C=O) groups is 1. The monoisotopic (exact) mass is 244 g/mol. The highest BCUT2D eigenvalue weighted by molar-refractivity contribution is 5.69. The Morgan fingerprint density at radius 1 is 1.41 bits per heavy atom. The highest BCUT2D eigenvalue weighted by atomic mass is 19.1. The second-order valence-electron chi connectivity index (χ2n) is 6.50. The fraction of sp³-hybridized carbons (Fsp3) is 0.917. The van der Waals surface area contributed by atoms with Crippen LogP contribution < -0.4 is 10.6 Å². The third-order valence-corrected chi connectivity index (χ3v) is 3.44. The highest BCUT2D eigenvalue weighted by Gasteiger charge is 2.58. The third kappa shape index (κ3) is 2.54. The number of nitrogens with one attached hydrogen (secondary N) is 2. The molecule has 0 spiro atoms. The first kappa shape index (κ1) is 12.6. The first-order valence-corrected chi connectivity index (χ1v) is 6.06. The van der Waals surface area contributed by atoms with Crippen molar-refractivity contribution in [3.05, 3.63) is 0 Å². The summed E-state index contributed by atoms with van der Waals surface area (Å²) in [6.07, 6.45) is 1.01. The molecular weight excluding hydrogens is 223 g/mol. The van der Waals surface area contributed by atoms with Gasteiger partial charge in [0.2, 0.25) is 0 Å². The van der Waals surface area contributed by atoms with E-state index in [1.807, 2.05) is 20.8 Å². The zero-order chi connectivity index (χ0) is 12.7. The molecule has 2 aliphatic heterocycles. The lowest BCUT2D eigenvalue weighted by Crippen LogP contribution is -2.73. The van der Waals surface area contributed by atoms with Gasteiger partial charge in [-0.05, 0) is 33.6 Å². The lowest BCUT2D eigenvalue weighted by molar-refractivity contribution is -0.0544. The van der Waals surface area contributed by atoms with Gasteiger partial charge in [-0.2, -0.15) is 0 Å². The van der Waals surface area contributed by atoms with Crippen LogP contribution in [0.25, 0.3) is 0 Å². The molecular formula is C12H21FN2O2. The van der Waals surface area contributed by atoms with E-state index in [0.717, 1.165) is 0 Å². The number of hydrogen-bond donors (Lipinski definition) is 2. The molecule has 1 aliphatic carbocycles. The number of hydrogen-bond acceptors (Lipinski definition) is 3. The normalized spacial score (nSPS) is 36.0. The lowest BCUT2D eigenvalue weighted by Gasteiger charge is -2.59. The summed E-state index contributed by atoms with van der Waals surface area (Å²) in [6, 6.07) is 0. The van der Waals surface area contributed by atoms with Crippen molar-refractivity contribution in [1.29, 1.82) is 0 Å². The van der Waals surface area contributed by atoms with E-state index >= 15 is 0 Å². The molecule has 98 valence electrons. The predicted molar refractivity (Wildman–Crippen MR) is 62.6 cm³/mol. The molecule has 3 aliphatic rings. The highest BCUT2D eigenvalue weighted by Crippen LogP contribution is 2.50. The van der Waals surface area contributed by atoms with Crippen molar-refractivity contribution in [3.8, 4) is 0 Å². The smallest absolute Gasteiger partial charge is 0.408 e. The van der Waals surface area contributed by atoms with Gasteiger partial charge in [0.1, 0.15) is 5.60 Å². The Labute approximate surface area is 101 Å². The Morgan fingerprint density at radius 2 is 2.06 bits per heavy atom. The van der Waals surface area contributed by atoms with Crippen molar-refractivity contribution in [1.82, 2.24) is 10.6 Å². The fourth-order valence-electron chi connectivity index (χ4n) is 3.00. The summed E-state index contributed by atoms with van der Waals surface area (Å²) < 4.78 is 18.1. The van der Waals surface area contributed by atoms with Crippen LogP contribution in [0.4, 0.5) is 9.18 Å². The standard InChI is InChI=1S/C12H21FN2O2/c1-10(2,3)17-9(16)15-12-4-11(5-12,6-13)7-14-8-12/h14H,4-8H2,1-3H3,(H,15,16). The van der Waals surface area contributed by atoms with Crippen LogP contribution in [0.1, 0.15) is 33.6 Å². The van der Waals surface area contributed by atoms with E-state index in [0.29, 0.717) is 25.9 Å². The van der Waals surface area contributed by atoms with Gasteiger partial charge in [0.05, 0.1) is 12.2 Å². The topological polar surface area (TPSA) is 50.4 Å². The van der Waals surface area contributed by atoms with Gasteiger partial charge in [-0.1, -0.05) is 0 Å². The van der Waals surface area contributed by atoms with Gasteiger partial charge in [0, 0.05) is 18.5 Å². The maximum Gasteiger partial charge on any atom is 0.408 e. The largest absolute Gasteiger partial charge is 0.444 e. The van der Waals surface area contributed by atoms with E-state index < -0.39 is 11.7 Å². The van der Waals surface area contributed by atoms with Crippen molar-refractivity contribution in [2.45, 2.75) is 44.8 Å². The van der Waals surface area contributed by atoms with Gasteiger partial charge >= 0.3 is 6.09 Å². The Hall–Kier alpha value is -0.840. The van der Waals surface area contributed by atoms with E-state index in [1.54, 1.807) is 0 Å². The quantitative estimate of drug-likeness (QED) is 0.775.